The zero-order valence-electron chi connectivity index (χ0n) is 26.9. The van der Waals surface area contributed by atoms with Gasteiger partial charge in [0.05, 0.1) is 19.8 Å². The Morgan fingerprint density at radius 2 is 1.77 bits per heavy atom. The van der Waals surface area contributed by atoms with E-state index in [1.54, 1.807) is 4.57 Å². The summed E-state index contributed by atoms with van der Waals surface area (Å²) in [6, 6.07) is 12.5. The summed E-state index contributed by atoms with van der Waals surface area (Å²) in [6.07, 6.45) is 5.32. The van der Waals surface area contributed by atoms with Crippen LogP contribution >= 0.6 is 0 Å². The molecule has 1 aromatic heterocycles. The average molecular weight is 662 g/mol. The third kappa shape index (κ3) is 6.61. The highest BCUT2D eigenvalue weighted by Gasteiger charge is 2.49. The van der Waals surface area contributed by atoms with Gasteiger partial charge in [-0.15, -0.1) is 0 Å². The maximum atomic E-state index is 14.7. The van der Waals surface area contributed by atoms with Gasteiger partial charge in [-0.1, -0.05) is 49.2 Å². The second-order valence-corrected chi connectivity index (χ2v) is 13.1. The molecule has 48 heavy (non-hydrogen) atoms. The number of benzene rings is 2. The lowest BCUT2D eigenvalue weighted by Crippen LogP contribution is -2.68. The van der Waals surface area contributed by atoms with Gasteiger partial charge in [0.25, 0.3) is 11.8 Å². The molecule has 0 radical (unpaired) electrons. The monoisotopic (exact) mass is 661 g/mol. The highest BCUT2D eigenvalue weighted by atomic mass is 19.1. The van der Waals surface area contributed by atoms with E-state index in [2.05, 4.69) is 15.1 Å². The molecule has 3 fully saturated rings. The van der Waals surface area contributed by atoms with Gasteiger partial charge in [0, 0.05) is 63.1 Å². The van der Waals surface area contributed by atoms with Crippen molar-refractivity contribution in [3.63, 3.8) is 0 Å². The van der Waals surface area contributed by atoms with Gasteiger partial charge in [-0.2, -0.15) is 0 Å². The van der Waals surface area contributed by atoms with E-state index in [0.717, 1.165) is 76.1 Å². The lowest BCUT2D eigenvalue weighted by Gasteiger charge is -2.55. The number of pyridine rings is 1. The van der Waals surface area contributed by atoms with Crippen LogP contribution in [0.3, 0.4) is 0 Å². The van der Waals surface area contributed by atoms with Crippen LogP contribution in [0.15, 0.2) is 59.5 Å². The number of carbonyl (C=O) groups is 2. The summed E-state index contributed by atoms with van der Waals surface area (Å²) in [6.45, 7) is 5.84. The molecule has 2 saturated heterocycles. The molecule has 3 aromatic rings. The van der Waals surface area contributed by atoms with Gasteiger partial charge in [0.1, 0.15) is 30.0 Å². The molecule has 4 aliphatic rings. The molecule has 0 unspecified atom stereocenters. The van der Waals surface area contributed by atoms with E-state index in [9.17, 15) is 23.2 Å². The number of aromatic nitrogens is 1. The second-order valence-electron chi connectivity index (χ2n) is 13.1. The smallest absolute Gasteiger partial charge is 0.276 e. The van der Waals surface area contributed by atoms with Crippen molar-refractivity contribution in [1.29, 1.82) is 0 Å². The Kier molecular flexibility index (Phi) is 9.56. The first-order chi connectivity index (χ1) is 23.4. The summed E-state index contributed by atoms with van der Waals surface area (Å²) >= 11 is 0. The zero-order valence-corrected chi connectivity index (χ0v) is 26.9. The van der Waals surface area contributed by atoms with Crippen molar-refractivity contribution in [2.75, 3.05) is 45.9 Å². The number of fused-ring (bicyclic) bond motifs is 4. The Balaban J connectivity index is 1.23. The molecular weight excluding hydrogens is 620 g/mol. The lowest BCUT2D eigenvalue weighted by atomic mass is 9.80. The van der Waals surface area contributed by atoms with Crippen LogP contribution in [-0.4, -0.2) is 89.2 Å². The Hall–Kier alpha value is -4.13. The SMILES string of the molecule is O=C(NCc1ccc(F)cc1F)c1cn2c(c(OCc3ccccc3)c1=O)C(=O)N1[C@H]3CCCC[C@H]3CN(CCN3CCOCC3)[C@@H]1C2. The quantitative estimate of drug-likeness (QED) is 0.375. The number of nitrogens with zero attached hydrogens (tertiary/aromatic N) is 4. The number of morpholine rings is 1. The normalized spacial score (nSPS) is 22.8. The van der Waals surface area contributed by atoms with Crippen LogP contribution in [0.4, 0.5) is 8.78 Å². The molecule has 254 valence electrons. The number of ether oxygens (including phenoxy) is 2. The molecule has 3 aliphatic heterocycles. The maximum Gasteiger partial charge on any atom is 0.276 e. The molecule has 12 heteroatoms. The molecule has 0 bridgehead atoms. The molecule has 10 nitrogen and oxygen atoms in total. The van der Waals surface area contributed by atoms with Crippen LogP contribution in [0.5, 0.6) is 5.75 Å². The van der Waals surface area contributed by atoms with Gasteiger partial charge in [-0.05, 0) is 30.4 Å². The first kappa shape index (κ1) is 32.4. The summed E-state index contributed by atoms with van der Waals surface area (Å²) < 4.78 is 41.2. The highest BCUT2D eigenvalue weighted by Crippen LogP contribution is 2.39. The van der Waals surface area contributed by atoms with E-state index in [-0.39, 0.29) is 53.8 Å². The average Bonchev–Trinajstić information content (AvgIpc) is 3.10. The largest absolute Gasteiger partial charge is 0.483 e. The first-order valence-electron chi connectivity index (χ1n) is 16.9. The van der Waals surface area contributed by atoms with Crippen LogP contribution in [0.2, 0.25) is 0 Å². The topological polar surface area (TPSA) is 96.3 Å². The molecule has 0 spiro atoms. The minimum absolute atomic E-state index is 0.0311. The first-order valence-corrected chi connectivity index (χ1v) is 16.9. The third-order valence-corrected chi connectivity index (χ3v) is 10.2. The lowest BCUT2D eigenvalue weighted by molar-refractivity contribution is -0.0775. The number of carbonyl (C=O) groups excluding carboxylic acids is 2. The van der Waals surface area contributed by atoms with Gasteiger partial charge in [-0.25, -0.2) is 8.78 Å². The van der Waals surface area contributed by atoms with Crippen molar-refractivity contribution in [3.8, 4) is 5.75 Å². The molecular formula is C36H41F2N5O5. The molecule has 2 aromatic carbocycles. The molecule has 4 heterocycles. The third-order valence-electron chi connectivity index (χ3n) is 10.2. The summed E-state index contributed by atoms with van der Waals surface area (Å²) in [5.41, 5.74) is 0.110. The van der Waals surface area contributed by atoms with Gasteiger partial charge >= 0.3 is 0 Å². The summed E-state index contributed by atoms with van der Waals surface area (Å²) in [7, 11) is 0. The van der Waals surface area contributed by atoms with Crippen LogP contribution in [0, 0.1) is 17.6 Å². The van der Waals surface area contributed by atoms with Crippen molar-refractivity contribution in [2.24, 2.45) is 5.92 Å². The van der Waals surface area contributed by atoms with Crippen molar-refractivity contribution in [3.05, 3.63) is 99.0 Å². The van der Waals surface area contributed by atoms with Crippen molar-refractivity contribution < 1.29 is 27.8 Å². The maximum absolute atomic E-state index is 14.7. The van der Waals surface area contributed by atoms with E-state index < -0.39 is 23.0 Å². The van der Waals surface area contributed by atoms with E-state index in [1.807, 2.05) is 35.2 Å². The summed E-state index contributed by atoms with van der Waals surface area (Å²) in [4.78, 5) is 49.0. The predicted octanol–water partition coefficient (Wildman–Crippen LogP) is 3.62. The Morgan fingerprint density at radius 3 is 2.56 bits per heavy atom. The van der Waals surface area contributed by atoms with Crippen LogP contribution in [-0.2, 0) is 24.4 Å². The fraction of sp³-hybridized carbons (Fsp3) is 0.472. The molecule has 1 saturated carbocycles. The van der Waals surface area contributed by atoms with Gasteiger partial charge < -0.3 is 24.3 Å². The molecule has 1 aliphatic carbocycles. The fourth-order valence-electron chi connectivity index (χ4n) is 7.67. The minimum Gasteiger partial charge on any atom is -0.483 e. The van der Waals surface area contributed by atoms with Crippen LogP contribution in [0.25, 0.3) is 0 Å². The minimum atomic E-state index is -0.800. The van der Waals surface area contributed by atoms with E-state index in [4.69, 9.17) is 9.47 Å². The number of hydrogen-bond acceptors (Lipinski definition) is 7. The Morgan fingerprint density at radius 1 is 0.979 bits per heavy atom. The second kappa shape index (κ2) is 14.2. The van der Waals surface area contributed by atoms with E-state index in [0.29, 0.717) is 25.7 Å². The van der Waals surface area contributed by atoms with Crippen LogP contribution in [0.1, 0.15) is 57.7 Å². The van der Waals surface area contributed by atoms with Gasteiger partial charge in [-0.3, -0.25) is 24.2 Å². The van der Waals surface area contributed by atoms with Crippen LogP contribution < -0.4 is 15.5 Å². The van der Waals surface area contributed by atoms with Crippen molar-refractivity contribution >= 4 is 11.8 Å². The predicted molar refractivity (Wildman–Crippen MR) is 174 cm³/mol. The number of nitrogens with one attached hydrogen (secondary N) is 1. The van der Waals surface area contributed by atoms with E-state index in [1.165, 1.54) is 12.3 Å². The Labute approximate surface area is 278 Å². The fourth-order valence-corrected chi connectivity index (χ4v) is 7.67. The van der Waals surface area contributed by atoms with Gasteiger partial charge in [0.15, 0.2) is 11.4 Å². The summed E-state index contributed by atoms with van der Waals surface area (Å²) in [5, 5.41) is 2.60. The van der Waals surface area contributed by atoms with Crippen molar-refractivity contribution in [1.82, 2.24) is 24.6 Å². The number of halogens is 2. The zero-order chi connectivity index (χ0) is 33.2. The Bertz CT molecular complexity index is 1710. The highest BCUT2D eigenvalue weighted by molar-refractivity contribution is 5.99. The molecule has 7 rings (SSSR count). The van der Waals surface area contributed by atoms with E-state index >= 15 is 0 Å². The van der Waals surface area contributed by atoms with Gasteiger partial charge in [0.2, 0.25) is 5.43 Å². The number of hydrogen-bond donors (Lipinski definition) is 1. The molecule has 2 amide bonds. The summed E-state index contributed by atoms with van der Waals surface area (Å²) in [5.74, 6) is -2.35. The standard InChI is InChI=1S/C36H41F2N5O5/c37-27-11-10-25(29(38)18-27)19-39-35(45)28-21-42-22-31-41(13-12-40-14-16-47-17-15-40)20-26-8-4-5-9-30(26)43(31)36(46)32(42)34(33(28)44)48-23-24-6-2-1-3-7-24/h1-3,6-7,10-11,18,21,26,30-31H,4-5,8-9,12-17,19-20,22-23H2,(H,39,45)/t26-,30-,31-/m0/s1. The number of amides is 2. The molecule has 1 N–H and O–H groups in total. The van der Waals surface area contributed by atoms with Crippen molar-refractivity contribution in [2.45, 2.75) is 57.6 Å². The molecule has 3 atom stereocenters. The number of rotatable bonds is 9.